The predicted octanol–water partition coefficient (Wildman–Crippen LogP) is 2.11. The molecule has 2 aliphatic carbocycles. The Bertz CT molecular complexity index is 58.1. The van der Waals surface area contributed by atoms with Crippen LogP contribution in [0.1, 0.15) is 32.1 Å². The Morgan fingerprint density at radius 1 is 1.14 bits per heavy atom. The maximum Gasteiger partial charge on any atom is 0.0605 e. The van der Waals surface area contributed by atoms with E-state index in [9.17, 15) is 0 Å². The van der Waals surface area contributed by atoms with E-state index in [1.54, 1.807) is 0 Å². The molecule has 0 saturated heterocycles. The summed E-state index contributed by atoms with van der Waals surface area (Å²) >= 11 is 0. The monoisotopic (exact) mass is 94.1 g/mol. The molecule has 2 fully saturated rings. The van der Waals surface area contributed by atoms with Crippen LogP contribution in [0.2, 0.25) is 0 Å². The van der Waals surface area contributed by atoms with Crippen LogP contribution in [0.3, 0.4) is 0 Å². The van der Waals surface area contributed by atoms with Gasteiger partial charge in [0.1, 0.15) is 0 Å². The molecular weight excluding hydrogens is 84.1 g/mol. The summed E-state index contributed by atoms with van der Waals surface area (Å²) in [6, 6.07) is 0. The Balaban J connectivity index is 2.12. The van der Waals surface area contributed by atoms with Crippen molar-refractivity contribution in [2.75, 3.05) is 0 Å². The van der Waals surface area contributed by atoms with Gasteiger partial charge in [-0.05, 0) is 6.42 Å². The van der Waals surface area contributed by atoms with Crippen molar-refractivity contribution in [2.45, 2.75) is 32.1 Å². The van der Waals surface area contributed by atoms with E-state index < -0.39 is 0 Å². The van der Waals surface area contributed by atoms with Crippen molar-refractivity contribution < 1.29 is 0 Å². The molecule has 38 valence electrons. The first-order valence-electron chi connectivity index (χ1n) is 3.12. The Morgan fingerprint density at radius 2 is 1.86 bits per heavy atom. The van der Waals surface area contributed by atoms with E-state index in [4.69, 9.17) is 0 Å². The zero-order chi connectivity index (χ0) is 4.69. The van der Waals surface area contributed by atoms with Crippen molar-refractivity contribution in [3.8, 4) is 0 Å². The van der Waals surface area contributed by atoms with Gasteiger partial charge in [-0.1, -0.05) is 0 Å². The molecule has 0 aromatic carbocycles. The standard InChI is InChI=1S/C7H10/c1-2-7-4-3-6(1)5-7/h1-5H2. The van der Waals surface area contributed by atoms with Crippen LogP contribution in [0.25, 0.3) is 0 Å². The molecule has 0 N–H and O–H groups in total. The van der Waals surface area contributed by atoms with Crippen molar-refractivity contribution in [3.63, 3.8) is 0 Å². The van der Waals surface area contributed by atoms with E-state index in [1.165, 1.54) is 32.1 Å². The molecule has 0 nitrogen and oxygen atoms in total. The molecule has 2 bridgehead atoms. The fourth-order valence-electron chi connectivity index (χ4n) is 1.66. The Kier molecular flexibility index (Phi) is 0.643. The summed E-state index contributed by atoms with van der Waals surface area (Å²) in [6.07, 6.45) is 7.18. The molecular formula is C7H10. The first-order chi connectivity index (χ1) is 3.45. The highest BCUT2D eigenvalue weighted by Crippen LogP contribution is 2.47. The van der Waals surface area contributed by atoms with Gasteiger partial charge in [-0.15, -0.1) is 12.8 Å². The van der Waals surface area contributed by atoms with Crippen LogP contribution in [0.4, 0.5) is 0 Å². The van der Waals surface area contributed by atoms with Gasteiger partial charge in [-0.25, -0.2) is 0 Å². The molecule has 7 heavy (non-hydrogen) atoms. The van der Waals surface area contributed by atoms with E-state index in [0.29, 0.717) is 0 Å². The lowest BCUT2D eigenvalue weighted by atomic mass is 10.0. The minimum atomic E-state index is 1.42. The third-order valence-corrected chi connectivity index (χ3v) is 2.16. The molecule has 0 spiro atoms. The third-order valence-electron chi connectivity index (χ3n) is 2.16. The lowest BCUT2D eigenvalue weighted by Crippen LogP contribution is -1.88. The van der Waals surface area contributed by atoms with Gasteiger partial charge in [0.25, 0.3) is 0 Å². The molecule has 0 amide bonds. The average Bonchev–Trinajstić information content (AvgIpc) is 2.22. The van der Waals surface area contributed by atoms with Crippen LogP contribution in [0.15, 0.2) is 0 Å². The smallest absolute Gasteiger partial charge is 0.0605 e. The molecule has 0 unspecified atom stereocenters. The fourth-order valence-corrected chi connectivity index (χ4v) is 1.66. The summed E-state index contributed by atoms with van der Waals surface area (Å²) < 4.78 is 0. The summed E-state index contributed by atoms with van der Waals surface area (Å²) in [7, 11) is 0. The molecule has 2 rings (SSSR count). The van der Waals surface area contributed by atoms with E-state index in [-0.39, 0.29) is 0 Å². The summed E-state index contributed by atoms with van der Waals surface area (Å²) in [5.41, 5.74) is 0. The topological polar surface area (TPSA) is 0 Å². The van der Waals surface area contributed by atoms with Crippen molar-refractivity contribution >= 4 is 0 Å². The molecule has 0 aromatic heterocycles. The zero-order valence-electron chi connectivity index (χ0n) is 4.54. The number of hydrogen-bond acceptors (Lipinski definition) is 0. The molecule has 0 heteroatoms. The number of rotatable bonds is 0. The van der Waals surface area contributed by atoms with Gasteiger partial charge in [0.15, 0.2) is 0 Å². The van der Waals surface area contributed by atoms with Crippen LogP contribution in [0, 0.1) is 11.8 Å². The van der Waals surface area contributed by atoms with Crippen LogP contribution < -0.4 is 0 Å². The van der Waals surface area contributed by atoms with Gasteiger partial charge in [0, 0.05) is 0 Å². The molecule has 0 heterocycles. The average molecular weight is 94.2 g/mol. The lowest BCUT2D eigenvalue weighted by Gasteiger charge is -2.10. The second-order valence-corrected chi connectivity index (χ2v) is 2.68. The summed E-state index contributed by atoms with van der Waals surface area (Å²) in [5, 5.41) is 0. The fraction of sp³-hybridized carbons (Fsp3) is 0.714. The van der Waals surface area contributed by atoms with Gasteiger partial charge >= 0.3 is 0 Å². The highest BCUT2D eigenvalue weighted by atomic mass is 14.4. The highest BCUT2D eigenvalue weighted by molar-refractivity contribution is 5.18. The van der Waals surface area contributed by atoms with E-state index in [2.05, 4.69) is 0 Å². The summed E-state index contributed by atoms with van der Waals surface area (Å²) in [6.45, 7) is 0. The van der Waals surface area contributed by atoms with Crippen molar-refractivity contribution in [3.05, 3.63) is 11.8 Å². The van der Waals surface area contributed by atoms with Gasteiger partial charge in [0.2, 0.25) is 0 Å². The van der Waals surface area contributed by atoms with Crippen LogP contribution in [-0.2, 0) is 0 Å². The minimum Gasteiger partial charge on any atom is -0.262 e. The van der Waals surface area contributed by atoms with Gasteiger partial charge in [-0.2, -0.15) is 0 Å². The van der Waals surface area contributed by atoms with Gasteiger partial charge in [0.05, 0.1) is 18.8 Å². The number of hydrogen-bond donors (Lipinski definition) is 0. The van der Waals surface area contributed by atoms with E-state index >= 15 is 0 Å². The SMILES string of the molecule is C1C[C-]2CC[C+]1C2. The maximum atomic E-state index is 1.83. The van der Waals surface area contributed by atoms with Crippen molar-refractivity contribution in [2.24, 2.45) is 0 Å². The molecule has 0 atom stereocenters. The molecule has 2 saturated carbocycles. The zero-order valence-corrected chi connectivity index (χ0v) is 4.54. The Morgan fingerprint density at radius 3 is 2.00 bits per heavy atom. The van der Waals surface area contributed by atoms with Crippen molar-refractivity contribution in [1.82, 2.24) is 0 Å². The van der Waals surface area contributed by atoms with Gasteiger partial charge < -0.3 is 0 Å². The second kappa shape index (κ2) is 1.18. The second-order valence-electron chi connectivity index (χ2n) is 2.68. The van der Waals surface area contributed by atoms with E-state index in [1.807, 2.05) is 11.8 Å². The molecule has 0 aromatic rings. The first-order valence-corrected chi connectivity index (χ1v) is 3.12. The Labute approximate surface area is 44.9 Å². The van der Waals surface area contributed by atoms with Crippen molar-refractivity contribution in [1.29, 1.82) is 0 Å². The third kappa shape index (κ3) is 0.457. The van der Waals surface area contributed by atoms with E-state index in [0.717, 1.165) is 0 Å². The molecule has 0 radical (unpaired) electrons. The number of fused-ring (bicyclic) bond motifs is 2. The predicted molar refractivity (Wildman–Crippen MR) is 29.6 cm³/mol. The minimum absolute atomic E-state index is 1.42. The lowest BCUT2D eigenvalue weighted by molar-refractivity contribution is 0.714. The van der Waals surface area contributed by atoms with Crippen LogP contribution >= 0.6 is 0 Å². The highest BCUT2D eigenvalue weighted by Gasteiger charge is 2.30. The maximum absolute atomic E-state index is 1.83. The van der Waals surface area contributed by atoms with Crippen LogP contribution in [-0.4, -0.2) is 0 Å². The quantitative estimate of drug-likeness (QED) is 0.403. The summed E-state index contributed by atoms with van der Waals surface area (Å²) in [4.78, 5) is 0. The molecule has 2 aliphatic rings. The first kappa shape index (κ1) is 3.82. The largest absolute Gasteiger partial charge is 0.262 e. The molecule has 0 aliphatic heterocycles. The normalized spacial score (nSPS) is 30.0. The Hall–Kier alpha value is -0.130. The van der Waals surface area contributed by atoms with Gasteiger partial charge in [-0.3, -0.25) is 5.92 Å². The summed E-state index contributed by atoms with van der Waals surface area (Å²) in [5.74, 6) is 3.66. The van der Waals surface area contributed by atoms with Crippen LogP contribution in [0.5, 0.6) is 0 Å².